The number of hydrogen-bond acceptors (Lipinski definition) is 5. The fourth-order valence-electron chi connectivity index (χ4n) is 2.69. The summed E-state index contributed by atoms with van der Waals surface area (Å²) in [6.45, 7) is 0.197. The highest BCUT2D eigenvalue weighted by Gasteiger charge is 2.49. The lowest BCUT2D eigenvalue weighted by Gasteiger charge is -2.30. The first kappa shape index (κ1) is 14.7. The van der Waals surface area contributed by atoms with E-state index < -0.39 is 33.8 Å². The van der Waals surface area contributed by atoms with E-state index in [2.05, 4.69) is 20.7 Å². The normalized spacial score (nSPS) is 26.5. The van der Waals surface area contributed by atoms with Crippen LogP contribution in [0.5, 0.6) is 0 Å². The summed E-state index contributed by atoms with van der Waals surface area (Å²) in [5.41, 5.74) is 0. The second-order valence-corrected chi connectivity index (χ2v) is 7.92. The first-order valence-electron chi connectivity index (χ1n) is 6.41. The third-order valence-corrected chi connectivity index (χ3v) is 6.17. The monoisotopic (exact) mass is 373 g/mol. The fraction of sp³-hybridized carbons (Fsp3) is 0.385. The Balaban J connectivity index is 1.88. The molecule has 21 heavy (non-hydrogen) atoms. The van der Waals surface area contributed by atoms with E-state index in [4.69, 9.17) is 0 Å². The molecule has 2 fully saturated rings. The van der Waals surface area contributed by atoms with Gasteiger partial charge in [0.15, 0.2) is 0 Å². The van der Waals surface area contributed by atoms with Crippen molar-refractivity contribution in [2.24, 2.45) is 11.8 Å². The van der Waals surface area contributed by atoms with Gasteiger partial charge in [0.25, 0.3) is 0 Å². The minimum Gasteiger partial charge on any atom is -0.393 e. The SMILES string of the molecule is O=C1OC(=O)C2CN(S(=O)(=O)c3cccc(Br)c3)CCC12. The standard InChI is InChI=1S/C13H12BrNO5S/c14-8-2-1-3-9(6-8)21(18,19)15-5-4-10-11(7-15)13(17)20-12(10)16/h1-3,6,10-11H,4-5,7H2. The highest BCUT2D eigenvalue weighted by Crippen LogP contribution is 2.34. The molecule has 0 radical (unpaired) electrons. The first-order chi connectivity index (χ1) is 9.89. The van der Waals surface area contributed by atoms with Crippen molar-refractivity contribution in [3.8, 4) is 0 Å². The molecule has 2 saturated heterocycles. The van der Waals surface area contributed by atoms with Crippen LogP contribution in [0.1, 0.15) is 6.42 Å². The molecule has 2 heterocycles. The number of halogens is 1. The molecule has 0 saturated carbocycles. The van der Waals surface area contributed by atoms with Crippen molar-refractivity contribution in [3.63, 3.8) is 0 Å². The molecule has 0 aromatic heterocycles. The van der Waals surface area contributed by atoms with Gasteiger partial charge in [-0.05, 0) is 24.6 Å². The Kier molecular flexibility index (Phi) is 3.62. The molecule has 0 N–H and O–H groups in total. The average Bonchev–Trinajstić information content (AvgIpc) is 2.74. The van der Waals surface area contributed by atoms with E-state index in [1.165, 1.54) is 16.4 Å². The lowest BCUT2D eigenvalue weighted by molar-refractivity contribution is -0.153. The van der Waals surface area contributed by atoms with Crippen molar-refractivity contribution in [2.75, 3.05) is 13.1 Å². The molecule has 2 aliphatic rings. The highest BCUT2D eigenvalue weighted by atomic mass is 79.9. The molecule has 0 spiro atoms. The van der Waals surface area contributed by atoms with E-state index in [0.717, 1.165) is 0 Å². The number of benzene rings is 1. The number of cyclic esters (lactones) is 2. The first-order valence-corrected chi connectivity index (χ1v) is 8.64. The Morgan fingerprint density at radius 2 is 1.90 bits per heavy atom. The van der Waals surface area contributed by atoms with E-state index in [1.807, 2.05) is 0 Å². The summed E-state index contributed by atoms with van der Waals surface area (Å²) in [5, 5.41) is 0. The number of carbonyl (C=O) groups excluding carboxylic acids is 2. The van der Waals surface area contributed by atoms with Gasteiger partial charge in [0.1, 0.15) is 0 Å². The molecule has 8 heteroatoms. The molecule has 0 amide bonds. The van der Waals surface area contributed by atoms with Gasteiger partial charge in [0.2, 0.25) is 10.0 Å². The molecule has 6 nitrogen and oxygen atoms in total. The summed E-state index contributed by atoms with van der Waals surface area (Å²) in [7, 11) is -3.68. The van der Waals surface area contributed by atoms with Crippen molar-refractivity contribution < 1.29 is 22.7 Å². The highest BCUT2D eigenvalue weighted by molar-refractivity contribution is 9.10. The molecule has 2 aliphatic heterocycles. The second-order valence-electron chi connectivity index (χ2n) is 5.06. The Labute approximate surface area is 130 Å². The summed E-state index contributed by atoms with van der Waals surface area (Å²) >= 11 is 3.24. The van der Waals surface area contributed by atoms with Crippen LogP contribution in [0.25, 0.3) is 0 Å². The van der Waals surface area contributed by atoms with E-state index in [1.54, 1.807) is 12.1 Å². The van der Waals surface area contributed by atoms with Crippen molar-refractivity contribution in [2.45, 2.75) is 11.3 Å². The lowest BCUT2D eigenvalue weighted by Crippen LogP contribution is -2.44. The quantitative estimate of drug-likeness (QED) is 0.573. The van der Waals surface area contributed by atoms with Gasteiger partial charge in [0.05, 0.1) is 16.7 Å². The van der Waals surface area contributed by atoms with E-state index >= 15 is 0 Å². The summed E-state index contributed by atoms with van der Waals surface area (Å²) < 4.78 is 31.7. The van der Waals surface area contributed by atoms with Crippen molar-refractivity contribution in [3.05, 3.63) is 28.7 Å². The third kappa shape index (κ3) is 2.51. The lowest BCUT2D eigenvalue weighted by atomic mass is 9.89. The van der Waals surface area contributed by atoms with Gasteiger partial charge in [-0.2, -0.15) is 4.31 Å². The Morgan fingerprint density at radius 1 is 1.19 bits per heavy atom. The minimum atomic E-state index is -3.68. The Hall–Kier alpha value is -1.25. The Morgan fingerprint density at radius 3 is 2.62 bits per heavy atom. The molecule has 0 bridgehead atoms. The van der Waals surface area contributed by atoms with Crippen LogP contribution in [-0.4, -0.2) is 37.8 Å². The van der Waals surface area contributed by atoms with Crippen molar-refractivity contribution in [1.82, 2.24) is 4.31 Å². The molecule has 3 rings (SSSR count). The van der Waals surface area contributed by atoms with Crippen LogP contribution in [0.4, 0.5) is 0 Å². The number of ether oxygens (including phenoxy) is 1. The number of sulfonamides is 1. The molecule has 2 atom stereocenters. The predicted molar refractivity (Wildman–Crippen MR) is 75.6 cm³/mol. The van der Waals surface area contributed by atoms with Gasteiger partial charge in [-0.25, -0.2) is 8.42 Å². The zero-order valence-electron chi connectivity index (χ0n) is 10.9. The molecule has 0 aliphatic carbocycles. The number of esters is 2. The van der Waals surface area contributed by atoms with Gasteiger partial charge in [-0.1, -0.05) is 22.0 Å². The molecule has 2 unspecified atom stereocenters. The number of hydrogen-bond donors (Lipinski definition) is 0. The summed E-state index contributed by atoms with van der Waals surface area (Å²) in [6, 6.07) is 6.39. The molecule has 1 aromatic carbocycles. The van der Waals surface area contributed by atoms with Gasteiger partial charge in [-0.15, -0.1) is 0 Å². The third-order valence-electron chi connectivity index (χ3n) is 3.82. The van der Waals surface area contributed by atoms with Crippen LogP contribution in [0.15, 0.2) is 33.6 Å². The smallest absolute Gasteiger partial charge is 0.318 e. The summed E-state index contributed by atoms with van der Waals surface area (Å²) in [6.07, 6.45) is 0.308. The van der Waals surface area contributed by atoms with Crippen LogP contribution >= 0.6 is 15.9 Å². The number of carbonyl (C=O) groups is 2. The van der Waals surface area contributed by atoms with E-state index in [0.29, 0.717) is 10.9 Å². The topological polar surface area (TPSA) is 80.8 Å². The molecular weight excluding hydrogens is 362 g/mol. The van der Waals surface area contributed by atoms with E-state index in [9.17, 15) is 18.0 Å². The maximum atomic E-state index is 12.6. The van der Waals surface area contributed by atoms with Crippen LogP contribution in [0.2, 0.25) is 0 Å². The van der Waals surface area contributed by atoms with Crippen LogP contribution < -0.4 is 0 Å². The number of fused-ring (bicyclic) bond motifs is 1. The summed E-state index contributed by atoms with van der Waals surface area (Å²) in [5.74, 6) is -2.36. The maximum absolute atomic E-state index is 12.6. The summed E-state index contributed by atoms with van der Waals surface area (Å²) in [4.78, 5) is 23.2. The van der Waals surface area contributed by atoms with E-state index in [-0.39, 0.29) is 18.0 Å². The average molecular weight is 374 g/mol. The number of rotatable bonds is 2. The number of piperidine rings is 1. The predicted octanol–water partition coefficient (Wildman–Crippen LogP) is 1.16. The molecule has 1 aromatic rings. The Bertz CT molecular complexity index is 717. The van der Waals surface area contributed by atoms with Crippen LogP contribution in [0.3, 0.4) is 0 Å². The van der Waals surface area contributed by atoms with Crippen LogP contribution in [-0.2, 0) is 24.3 Å². The second kappa shape index (κ2) is 5.19. The minimum absolute atomic E-state index is 0.00983. The van der Waals surface area contributed by atoms with Crippen molar-refractivity contribution >= 4 is 37.9 Å². The molecular formula is C13H12BrNO5S. The number of nitrogens with zero attached hydrogens (tertiary/aromatic N) is 1. The van der Waals surface area contributed by atoms with Crippen LogP contribution in [0, 0.1) is 11.8 Å². The van der Waals surface area contributed by atoms with Gasteiger partial charge < -0.3 is 4.74 Å². The maximum Gasteiger partial charge on any atom is 0.318 e. The zero-order chi connectivity index (χ0) is 15.2. The zero-order valence-corrected chi connectivity index (χ0v) is 13.3. The van der Waals surface area contributed by atoms with Gasteiger partial charge >= 0.3 is 11.9 Å². The largest absolute Gasteiger partial charge is 0.393 e. The van der Waals surface area contributed by atoms with Crippen molar-refractivity contribution in [1.29, 1.82) is 0 Å². The van der Waals surface area contributed by atoms with Gasteiger partial charge in [0, 0.05) is 17.6 Å². The molecule has 112 valence electrons. The fourth-order valence-corrected chi connectivity index (χ4v) is 4.77. The van der Waals surface area contributed by atoms with Gasteiger partial charge in [-0.3, -0.25) is 9.59 Å².